The average Bonchev–Trinajstić information content (AvgIpc) is 3.59. The summed E-state index contributed by atoms with van der Waals surface area (Å²) in [6.45, 7) is 0. The molecule has 1 aliphatic heterocycles. The minimum absolute atomic E-state index is 0.122. The Morgan fingerprint density at radius 3 is 2.27 bits per heavy atom. The molecule has 3 amide bonds. The molecule has 2 aromatic carbocycles. The van der Waals surface area contributed by atoms with E-state index in [9.17, 15) is 14.4 Å². The van der Waals surface area contributed by atoms with Crippen LogP contribution in [0.1, 0.15) is 12.0 Å². The topological polar surface area (TPSA) is 66.5 Å². The molecule has 168 valence electrons. The number of imide groups is 1. The first-order valence-corrected chi connectivity index (χ1v) is 12.5. The van der Waals surface area contributed by atoms with Crippen molar-refractivity contribution in [2.45, 2.75) is 18.9 Å². The molecule has 5 nitrogen and oxygen atoms in total. The van der Waals surface area contributed by atoms with E-state index in [0.29, 0.717) is 22.5 Å². The molecule has 0 radical (unpaired) electrons. The summed E-state index contributed by atoms with van der Waals surface area (Å²) in [5, 5.41) is 3.35. The zero-order valence-electron chi connectivity index (χ0n) is 17.7. The smallest absolute Gasteiger partial charge is 0.248 e. The Morgan fingerprint density at radius 1 is 1.03 bits per heavy atom. The van der Waals surface area contributed by atoms with Crippen LogP contribution in [0.5, 0.6) is 0 Å². The van der Waals surface area contributed by atoms with Crippen LogP contribution in [0.4, 0.5) is 5.69 Å². The maximum Gasteiger partial charge on any atom is 0.248 e. The van der Waals surface area contributed by atoms with Gasteiger partial charge in [-0.1, -0.05) is 54.1 Å². The van der Waals surface area contributed by atoms with Crippen LogP contribution in [-0.4, -0.2) is 28.7 Å². The van der Waals surface area contributed by atoms with Crippen LogP contribution in [0.2, 0.25) is 5.02 Å². The molecule has 33 heavy (non-hydrogen) atoms. The highest BCUT2D eigenvalue weighted by molar-refractivity contribution is 9.10. The molecule has 0 unspecified atom stereocenters. The van der Waals surface area contributed by atoms with Crippen LogP contribution in [-0.2, 0) is 20.8 Å². The first-order valence-electron chi connectivity index (χ1n) is 11.3. The highest BCUT2D eigenvalue weighted by atomic mass is 79.9. The third-order valence-corrected chi connectivity index (χ3v) is 9.00. The summed E-state index contributed by atoms with van der Waals surface area (Å²) in [5.74, 6) is -0.154. The SMILES string of the molecule is O=C(Nc1ccc(Br)c(Cl)c1)[C@H](Cc1ccccc1)N1C(=O)[C@@H]2[C@H]3C=C[C@@H]([C@@H]4C[C@H]34)[C@H]2C1=O. The van der Waals surface area contributed by atoms with Gasteiger partial charge in [-0.05, 0) is 69.8 Å². The first kappa shape index (κ1) is 21.1. The minimum atomic E-state index is -0.920. The highest BCUT2D eigenvalue weighted by Gasteiger charge is 2.67. The van der Waals surface area contributed by atoms with Crippen molar-refractivity contribution in [2.24, 2.45) is 35.5 Å². The molecule has 7 heteroatoms. The van der Waals surface area contributed by atoms with Crippen molar-refractivity contribution in [1.82, 2.24) is 4.90 Å². The van der Waals surface area contributed by atoms with E-state index in [0.717, 1.165) is 16.5 Å². The normalized spacial score (nSPS) is 31.9. The molecule has 0 aromatic heterocycles. The molecule has 2 bridgehead atoms. The number of amides is 3. The Balaban J connectivity index is 1.33. The number of likely N-dealkylation sites (tertiary alicyclic amines) is 1. The van der Waals surface area contributed by atoms with Gasteiger partial charge in [-0.3, -0.25) is 19.3 Å². The zero-order valence-corrected chi connectivity index (χ0v) is 20.0. The van der Waals surface area contributed by atoms with Crippen LogP contribution in [0.25, 0.3) is 0 Å². The second-order valence-electron chi connectivity index (χ2n) is 9.52. The van der Waals surface area contributed by atoms with Gasteiger partial charge in [-0.2, -0.15) is 0 Å². The van der Waals surface area contributed by atoms with E-state index in [1.165, 1.54) is 4.90 Å². The molecule has 1 saturated heterocycles. The standard InChI is InChI=1S/C26H22BrClN2O3/c27-19-9-6-14(11-20(19)28)29-24(31)21(10-13-4-2-1-3-5-13)30-25(32)22-15-7-8-16(18-12-17(15)18)23(22)26(30)33/h1-9,11,15-18,21-23H,10,12H2,(H,29,31)/t15-,16-,17-,18+,21-,22+,23+/m0/s1. The molecule has 2 aromatic rings. The summed E-state index contributed by atoms with van der Waals surface area (Å²) in [5.41, 5.74) is 1.41. The molecule has 4 aliphatic carbocycles. The lowest BCUT2D eigenvalue weighted by Gasteiger charge is -2.37. The average molecular weight is 526 g/mol. The Bertz CT molecular complexity index is 1160. The van der Waals surface area contributed by atoms with Gasteiger partial charge in [-0.25, -0.2) is 0 Å². The number of carbonyl (C=O) groups is 3. The van der Waals surface area contributed by atoms with Crippen molar-refractivity contribution in [2.75, 3.05) is 5.32 Å². The number of allylic oxidation sites excluding steroid dienone is 2. The van der Waals surface area contributed by atoms with Gasteiger partial charge in [0.2, 0.25) is 17.7 Å². The molecule has 5 aliphatic rings. The maximum absolute atomic E-state index is 13.7. The van der Waals surface area contributed by atoms with Crippen molar-refractivity contribution in [1.29, 1.82) is 0 Å². The van der Waals surface area contributed by atoms with Crippen molar-refractivity contribution >= 4 is 50.9 Å². The minimum Gasteiger partial charge on any atom is -0.324 e. The summed E-state index contributed by atoms with van der Waals surface area (Å²) in [6, 6.07) is 13.7. The van der Waals surface area contributed by atoms with Crippen LogP contribution >= 0.6 is 27.5 Å². The summed E-state index contributed by atoms with van der Waals surface area (Å²) >= 11 is 9.55. The maximum atomic E-state index is 13.7. The summed E-state index contributed by atoms with van der Waals surface area (Å²) < 4.78 is 0.721. The number of rotatable bonds is 5. The summed E-state index contributed by atoms with van der Waals surface area (Å²) in [6.07, 6.45) is 5.66. The Labute approximate surface area is 205 Å². The van der Waals surface area contributed by atoms with E-state index in [2.05, 4.69) is 33.4 Å². The van der Waals surface area contributed by atoms with Gasteiger partial charge in [0.15, 0.2) is 0 Å². The van der Waals surface area contributed by atoms with E-state index in [-0.39, 0.29) is 47.8 Å². The molecular formula is C26H22BrClN2O3. The first-order chi connectivity index (χ1) is 15.9. The number of carbonyl (C=O) groups excluding carboxylic acids is 3. The third-order valence-electron chi connectivity index (χ3n) is 7.77. The molecular weight excluding hydrogens is 504 g/mol. The number of nitrogens with one attached hydrogen (secondary N) is 1. The van der Waals surface area contributed by atoms with E-state index < -0.39 is 6.04 Å². The van der Waals surface area contributed by atoms with E-state index >= 15 is 0 Å². The summed E-state index contributed by atoms with van der Waals surface area (Å²) in [4.78, 5) is 42.1. The van der Waals surface area contributed by atoms with E-state index in [4.69, 9.17) is 11.6 Å². The van der Waals surface area contributed by atoms with Crippen molar-refractivity contribution < 1.29 is 14.4 Å². The molecule has 2 saturated carbocycles. The molecule has 1 heterocycles. The van der Waals surface area contributed by atoms with Gasteiger partial charge in [0.1, 0.15) is 6.04 Å². The van der Waals surface area contributed by atoms with Gasteiger partial charge in [0.05, 0.1) is 16.9 Å². The van der Waals surface area contributed by atoms with Crippen LogP contribution in [0.15, 0.2) is 65.2 Å². The number of halogens is 2. The van der Waals surface area contributed by atoms with Crippen molar-refractivity contribution in [3.05, 3.63) is 75.7 Å². The summed E-state index contributed by atoms with van der Waals surface area (Å²) in [7, 11) is 0. The number of hydrogen-bond acceptors (Lipinski definition) is 3. The highest BCUT2D eigenvalue weighted by Crippen LogP contribution is 2.65. The zero-order chi connectivity index (χ0) is 22.9. The number of benzene rings is 2. The fraction of sp³-hybridized carbons (Fsp3) is 0.346. The van der Waals surface area contributed by atoms with E-state index in [1.807, 2.05) is 30.3 Å². The van der Waals surface area contributed by atoms with Gasteiger partial charge < -0.3 is 5.32 Å². The fourth-order valence-corrected chi connectivity index (χ4v) is 6.65. The van der Waals surface area contributed by atoms with Crippen LogP contribution < -0.4 is 5.32 Å². The number of nitrogens with zero attached hydrogens (tertiary/aromatic N) is 1. The van der Waals surface area contributed by atoms with Gasteiger partial charge in [0, 0.05) is 16.6 Å². The molecule has 7 rings (SSSR count). The second kappa shape index (κ2) is 7.81. The Morgan fingerprint density at radius 2 is 1.67 bits per heavy atom. The monoisotopic (exact) mass is 524 g/mol. The van der Waals surface area contributed by atoms with Crippen molar-refractivity contribution in [3.8, 4) is 0 Å². The molecule has 1 N–H and O–H groups in total. The fourth-order valence-electron chi connectivity index (χ4n) is 6.23. The van der Waals surface area contributed by atoms with Gasteiger partial charge >= 0.3 is 0 Å². The van der Waals surface area contributed by atoms with Crippen LogP contribution in [0.3, 0.4) is 0 Å². The second-order valence-corrected chi connectivity index (χ2v) is 10.8. The lowest BCUT2D eigenvalue weighted by molar-refractivity contribution is -0.146. The molecule has 3 fully saturated rings. The van der Waals surface area contributed by atoms with Crippen molar-refractivity contribution in [3.63, 3.8) is 0 Å². The Kier molecular flexibility index (Phi) is 5.00. The number of anilines is 1. The predicted molar refractivity (Wildman–Crippen MR) is 128 cm³/mol. The van der Waals surface area contributed by atoms with E-state index in [1.54, 1.807) is 18.2 Å². The molecule has 7 atom stereocenters. The van der Waals surface area contributed by atoms with Gasteiger partial charge in [-0.15, -0.1) is 0 Å². The third kappa shape index (κ3) is 3.38. The number of hydrogen-bond donors (Lipinski definition) is 1. The lowest BCUT2D eigenvalue weighted by Crippen LogP contribution is -2.49. The predicted octanol–water partition coefficient (Wildman–Crippen LogP) is 4.71. The largest absolute Gasteiger partial charge is 0.324 e. The Hall–Kier alpha value is -2.44. The lowest BCUT2D eigenvalue weighted by atomic mass is 9.63. The quantitative estimate of drug-likeness (QED) is 0.454. The van der Waals surface area contributed by atoms with Crippen LogP contribution in [0, 0.1) is 35.5 Å². The van der Waals surface area contributed by atoms with Gasteiger partial charge in [0.25, 0.3) is 0 Å². The molecule has 0 spiro atoms.